The predicted octanol–water partition coefficient (Wildman–Crippen LogP) is 21.0. The summed E-state index contributed by atoms with van der Waals surface area (Å²) in [5.74, 6) is 0. The first-order valence-corrected chi connectivity index (χ1v) is 26.1. The molecule has 1 heterocycles. The summed E-state index contributed by atoms with van der Waals surface area (Å²) in [6, 6.07) is 99.2. The van der Waals surface area contributed by atoms with E-state index in [1.807, 2.05) is 11.3 Å². The lowest BCUT2D eigenvalue weighted by atomic mass is 9.82. The van der Waals surface area contributed by atoms with Gasteiger partial charge in [-0.2, -0.15) is 0 Å². The molecule has 0 aliphatic heterocycles. The van der Waals surface area contributed by atoms with Crippen molar-refractivity contribution in [1.29, 1.82) is 0 Å². The van der Waals surface area contributed by atoms with Gasteiger partial charge in [-0.15, -0.1) is 11.3 Å². The van der Waals surface area contributed by atoms with Crippen LogP contribution in [0.4, 0.5) is 0 Å². The Morgan fingerprint density at radius 1 is 0.178 bits per heavy atom. The molecule has 0 bridgehead atoms. The largest absolute Gasteiger partial charge is 0.135 e. The monoisotopic (exact) mass is 940 g/mol. The van der Waals surface area contributed by atoms with E-state index in [-0.39, 0.29) is 0 Å². The first-order valence-electron chi connectivity index (χ1n) is 25.3. The Hall–Kier alpha value is -9.14. The molecule has 73 heavy (non-hydrogen) atoms. The number of benzene rings is 14. The highest BCUT2D eigenvalue weighted by Gasteiger charge is 2.24. The summed E-state index contributed by atoms with van der Waals surface area (Å²) in [6.07, 6.45) is 0. The van der Waals surface area contributed by atoms with E-state index in [1.165, 1.54) is 152 Å². The zero-order valence-electron chi connectivity index (χ0n) is 39.8. The fourth-order valence-corrected chi connectivity index (χ4v) is 13.7. The highest BCUT2D eigenvalue weighted by molar-refractivity contribution is 7.26. The molecule has 0 unspecified atom stereocenters. The van der Waals surface area contributed by atoms with Crippen LogP contribution in [0.25, 0.3) is 152 Å². The lowest BCUT2D eigenvalue weighted by Crippen LogP contribution is -1.93. The lowest BCUT2D eigenvalue weighted by molar-refractivity contribution is 1.64. The molecular formula is C72H44S. The predicted molar refractivity (Wildman–Crippen MR) is 317 cm³/mol. The van der Waals surface area contributed by atoms with Gasteiger partial charge in [0, 0.05) is 25.7 Å². The van der Waals surface area contributed by atoms with Crippen molar-refractivity contribution in [3.8, 4) is 66.8 Å². The summed E-state index contributed by atoms with van der Waals surface area (Å²) in [5.41, 5.74) is 15.1. The third kappa shape index (κ3) is 6.39. The first kappa shape index (κ1) is 41.6. The van der Waals surface area contributed by atoms with Gasteiger partial charge in [0.05, 0.1) is 0 Å². The van der Waals surface area contributed by atoms with Gasteiger partial charge in [0.1, 0.15) is 0 Å². The molecule has 0 fully saturated rings. The minimum absolute atomic E-state index is 1.23. The second-order valence-electron chi connectivity index (χ2n) is 19.3. The molecule has 0 aliphatic rings. The number of fused-ring (bicyclic) bond motifs is 9. The molecule has 1 aromatic heterocycles. The van der Waals surface area contributed by atoms with Gasteiger partial charge < -0.3 is 0 Å². The maximum atomic E-state index is 2.37. The third-order valence-electron chi connectivity index (χ3n) is 15.5. The average molecular weight is 941 g/mol. The van der Waals surface area contributed by atoms with E-state index in [9.17, 15) is 0 Å². The molecular weight excluding hydrogens is 897 g/mol. The summed E-state index contributed by atoms with van der Waals surface area (Å²) in [6.45, 7) is 0. The van der Waals surface area contributed by atoms with Gasteiger partial charge in [0.25, 0.3) is 0 Å². The topological polar surface area (TPSA) is 0 Å². The van der Waals surface area contributed by atoms with E-state index in [4.69, 9.17) is 0 Å². The van der Waals surface area contributed by atoms with E-state index < -0.39 is 0 Å². The van der Waals surface area contributed by atoms with Gasteiger partial charge in [-0.1, -0.05) is 261 Å². The van der Waals surface area contributed by atoms with Gasteiger partial charge in [0.2, 0.25) is 0 Å². The average Bonchev–Trinajstić information content (AvgIpc) is 3.86. The van der Waals surface area contributed by atoms with E-state index in [0.29, 0.717) is 0 Å². The lowest BCUT2D eigenvalue weighted by Gasteiger charge is -2.20. The molecule has 0 saturated carbocycles. The zero-order chi connectivity index (χ0) is 48.0. The van der Waals surface area contributed by atoms with Crippen LogP contribution < -0.4 is 0 Å². The van der Waals surface area contributed by atoms with Crippen LogP contribution in [0, 0.1) is 0 Å². The Kier molecular flexibility index (Phi) is 9.55. The third-order valence-corrected chi connectivity index (χ3v) is 16.7. The molecule has 0 spiro atoms. The van der Waals surface area contributed by atoms with Crippen LogP contribution in [-0.2, 0) is 0 Å². The molecule has 15 aromatic rings. The Labute approximate surface area is 427 Å². The molecule has 0 aliphatic carbocycles. The van der Waals surface area contributed by atoms with Gasteiger partial charge in [0.15, 0.2) is 0 Å². The first-order chi connectivity index (χ1) is 36.3. The summed E-state index contributed by atoms with van der Waals surface area (Å²) in [7, 11) is 0. The van der Waals surface area contributed by atoms with Crippen molar-refractivity contribution < 1.29 is 0 Å². The van der Waals surface area contributed by atoms with E-state index in [2.05, 4.69) is 267 Å². The zero-order valence-corrected chi connectivity index (χ0v) is 40.6. The Morgan fingerprint density at radius 2 is 0.466 bits per heavy atom. The second kappa shape index (κ2) is 16.7. The quantitative estimate of drug-likeness (QED) is 0.146. The van der Waals surface area contributed by atoms with Gasteiger partial charge in [-0.3, -0.25) is 0 Å². The highest BCUT2D eigenvalue weighted by atomic mass is 32.1. The van der Waals surface area contributed by atoms with Crippen LogP contribution in [-0.4, -0.2) is 0 Å². The van der Waals surface area contributed by atoms with Crippen molar-refractivity contribution in [2.75, 3.05) is 0 Å². The van der Waals surface area contributed by atoms with Crippen molar-refractivity contribution >= 4 is 96.1 Å². The van der Waals surface area contributed by atoms with Crippen LogP contribution in [0.1, 0.15) is 0 Å². The molecule has 338 valence electrons. The van der Waals surface area contributed by atoms with Gasteiger partial charge >= 0.3 is 0 Å². The maximum absolute atomic E-state index is 2.37. The number of hydrogen-bond donors (Lipinski definition) is 0. The normalized spacial score (nSPS) is 11.8. The Morgan fingerprint density at radius 3 is 0.877 bits per heavy atom. The smallest absolute Gasteiger partial charge is 0.0434 e. The van der Waals surface area contributed by atoms with E-state index in [1.54, 1.807) is 0 Å². The molecule has 15 rings (SSSR count). The van der Waals surface area contributed by atoms with Gasteiger partial charge in [-0.25, -0.2) is 0 Å². The fourth-order valence-electron chi connectivity index (χ4n) is 12.4. The molecule has 0 nitrogen and oxygen atoms in total. The van der Waals surface area contributed by atoms with Crippen LogP contribution in [0.5, 0.6) is 0 Å². The number of hydrogen-bond acceptors (Lipinski definition) is 1. The van der Waals surface area contributed by atoms with E-state index >= 15 is 0 Å². The second-order valence-corrected chi connectivity index (χ2v) is 20.3. The Balaban J connectivity index is 0.967. The van der Waals surface area contributed by atoms with Crippen molar-refractivity contribution in [3.63, 3.8) is 0 Å². The molecule has 0 amide bonds. The van der Waals surface area contributed by atoms with Crippen molar-refractivity contribution in [2.45, 2.75) is 0 Å². The molecule has 0 radical (unpaired) electrons. The maximum Gasteiger partial charge on any atom is 0.0434 e. The van der Waals surface area contributed by atoms with Crippen LogP contribution in [0.3, 0.4) is 0 Å². The van der Waals surface area contributed by atoms with Crippen molar-refractivity contribution in [2.24, 2.45) is 0 Å². The summed E-state index contributed by atoms with van der Waals surface area (Å²) in [5, 5.41) is 17.7. The highest BCUT2D eigenvalue weighted by Crippen LogP contribution is 2.53. The fraction of sp³-hybridized carbons (Fsp3) is 0. The SMILES string of the molecule is c1ccc(-c2ccc(-c3c4ccccc4c(-c4cccc5c4sc4cccc(-c6c7ccccc7c(-c7ccc(-c8ccccc8)c8ccccc78)c7ccccc67)c45)c4ccccc34)c3ccccc23)cc1. The van der Waals surface area contributed by atoms with Crippen LogP contribution in [0.2, 0.25) is 0 Å². The standard InChI is InChI=1S/C72H44S/c1-3-21-45(22-4-1)47-41-43-61(51-27-9-7-25-49(47)51)67-53-29-11-15-33-57(53)69(58-34-16-12-30-54(58)67)63-37-20-40-66-71(63)65-39-19-38-64(72(65)73-66)70-59-35-17-13-31-55(59)68(56-32-14-18-36-60(56)70)62-44-42-48(46-23-5-2-6-24-46)50-26-8-10-28-52(50)62/h1-44H. The number of thiophene rings is 1. The molecule has 0 N–H and O–H groups in total. The molecule has 14 aromatic carbocycles. The molecule has 0 saturated heterocycles. The summed E-state index contributed by atoms with van der Waals surface area (Å²) >= 11 is 1.92. The van der Waals surface area contributed by atoms with Crippen LogP contribution >= 0.6 is 11.3 Å². The summed E-state index contributed by atoms with van der Waals surface area (Å²) in [4.78, 5) is 0. The van der Waals surface area contributed by atoms with Crippen LogP contribution in [0.15, 0.2) is 267 Å². The van der Waals surface area contributed by atoms with Crippen molar-refractivity contribution in [3.05, 3.63) is 267 Å². The van der Waals surface area contributed by atoms with Gasteiger partial charge in [-0.05, 0) is 132 Å². The number of rotatable bonds is 6. The molecule has 0 atom stereocenters. The minimum atomic E-state index is 1.23. The molecule has 1 heteroatoms. The van der Waals surface area contributed by atoms with E-state index in [0.717, 1.165) is 0 Å². The van der Waals surface area contributed by atoms with Crippen molar-refractivity contribution in [1.82, 2.24) is 0 Å². The summed E-state index contributed by atoms with van der Waals surface area (Å²) < 4.78 is 2.59. The minimum Gasteiger partial charge on any atom is -0.135 e. The Bertz CT molecular complexity index is 4600.